The van der Waals surface area contributed by atoms with Crippen LogP contribution >= 0.6 is 0 Å². The number of anilines is 1. The van der Waals surface area contributed by atoms with Crippen LogP contribution in [0.15, 0.2) is 28.4 Å². The molecule has 1 heterocycles. The van der Waals surface area contributed by atoms with Crippen molar-refractivity contribution in [2.75, 3.05) is 38.9 Å². The average molecular weight is 387 g/mol. The highest BCUT2D eigenvalue weighted by Gasteiger charge is 2.51. The molecule has 0 spiro atoms. The SMILES string of the molecule is CCN1C(=O)C(COC)(COC)c2cc(N=NC3CCCCCC3=O)ccc21. The van der Waals surface area contributed by atoms with Crippen molar-refractivity contribution >= 4 is 23.1 Å². The Morgan fingerprint density at radius 3 is 2.57 bits per heavy atom. The molecule has 0 N–H and O–H groups in total. The van der Waals surface area contributed by atoms with E-state index in [9.17, 15) is 9.59 Å². The Balaban J connectivity index is 1.95. The number of azo groups is 1. The van der Waals surface area contributed by atoms with Gasteiger partial charge in [0, 0.05) is 32.9 Å². The molecule has 2 aliphatic rings. The van der Waals surface area contributed by atoms with Gasteiger partial charge in [-0.25, -0.2) is 0 Å². The Kier molecular flexibility index (Phi) is 6.57. The highest BCUT2D eigenvalue weighted by molar-refractivity contribution is 6.08. The van der Waals surface area contributed by atoms with E-state index < -0.39 is 5.41 Å². The lowest BCUT2D eigenvalue weighted by molar-refractivity contribution is -0.127. The number of ketones is 1. The van der Waals surface area contributed by atoms with E-state index in [0.29, 0.717) is 18.7 Å². The van der Waals surface area contributed by atoms with Crippen molar-refractivity contribution in [3.8, 4) is 0 Å². The Bertz CT molecular complexity index is 756. The third-order valence-corrected chi connectivity index (χ3v) is 5.62. The molecule has 152 valence electrons. The second kappa shape index (κ2) is 8.92. The lowest BCUT2D eigenvalue weighted by Crippen LogP contribution is -2.46. The molecule has 1 aromatic rings. The van der Waals surface area contributed by atoms with Gasteiger partial charge in [0.15, 0.2) is 5.78 Å². The lowest BCUT2D eigenvalue weighted by Gasteiger charge is -2.27. The fraction of sp³-hybridized carbons (Fsp3) is 0.619. The summed E-state index contributed by atoms with van der Waals surface area (Å²) in [7, 11) is 3.17. The van der Waals surface area contributed by atoms with Crippen LogP contribution < -0.4 is 4.90 Å². The first-order valence-corrected chi connectivity index (χ1v) is 9.95. The summed E-state index contributed by atoms with van der Waals surface area (Å²) in [5, 5.41) is 8.69. The maximum absolute atomic E-state index is 13.2. The van der Waals surface area contributed by atoms with Crippen molar-refractivity contribution in [3.05, 3.63) is 23.8 Å². The predicted octanol–water partition coefficient (Wildman–Crippen LogP) is 3.57. The molecule has 1 aliphatic carbocycles. The molecule has 1 unspecified atom stereocenters. The summed E-state index contributed by atoms with van der Waals surface area (Å²) in [5.74, 6) is 0.143. The van der Waals surface area contributed by atoms with Gasteiger partial charge in [0.05, 0.1) is 18.9 Å². The summed E-state index contributed by atoms with van der Waals surface area (Å²) in [5.41, 5.74) is 1.44. The van der Waals surface area contributed by atoms with Crippen LogP contribution in [0.5, 0.6) is 0 Å². The Hall–Kier alpha value is -2.12. The molecule has 3 rings (SSSR count). The molecule has 0 aromatic heterocycles. The van der Waals surface area contributed by atoms with E-state index in [1.54, 1.807) is 19.1 Å². The smallest absolute Gasteiger partial charge is 0.242 e. The molecule has 1 fully saturated rings. The molecule has 7 heteroatoms. The van der Waals surface area contributed by atoms with Crippen LogP contribution in [0.3, 0.4) is 0 Å². The number of carbonyl (C=O) groups is 2. The molecule has 1 aliphatic heterocycles. The molecular formula is C21H29N3O4. The summed E-state index contributed by atoms with van der Waals surface area (Å²) in [4.78, 5) is 27.1. The van der Waals surface area contributed by atoms with Gasteiger partial charge in [-0.2, -0.15) is 10.2 Å². The van der Waals surface area contributed by atoms with E-state index in [1.807, 2.05) is 25.1 Å². The zero-order chi connectivity index (χ0) is 20.1. The maximum Gasteiger partial charge on any atom is 0.242 e. The third-order valence-electron chi connectivity index (χ3n) is 5.62. The summed E-state index contributed by atoms with van der Waals surface area (Å²) < 4.78 is 10.8. The molecule has 0 radical (unpaired) electrons. The normalized spacial score (nSPS) is 22.0. The van der Waals surface area contributed by atoms with Crippen molar-refractivity contribution in [2.24, 2.45) is 10.2 Å². The number of likely N-dealkylation sites (N-methyl/N-ethyl adjacent to an activating group) is 1. The van der Waals surface area contributed by atoms with Gasteiger partial charge in [-0.05, 0) is 43.5 Å². The predicted molar refractivity (Wildman–Crippen MR) is 106 cm³/mol. The van der Waals surface area contributed by atoms with E-state index in [0.717, 1.165) is 36.9 Å². The number of benzene rings is 1. The largest absolute Gasteiger partial charge is 0.383 e. The van der Waals surface area contributed by atoms with Crippen LogP contribution in [0, 0.1) is 0 Å². The maximum atomic E-state index is 13.2. The van der Waals surface area contributed by atoms with Crippen LogP contribution in [-0.2, 0) is 24.5 Å². The minimum Gasteiger partial charge on any atom is -0.383 e. The van der Waals surface area contributed by atoms with Crippen LogP contribution in [0.2, 0.25) is 0 Å². The zero-order valence-electron chi connectivity index (χ0n) is 16.9. The highest BCUT2D eigenvalue weighted by atomic mass is 16.5. The first-order valence-electron chi connectivity index (χ1n) is 9.95. The minimum absolute atomic E-state index is 0.0262. The molecule has 1 saturated carbocycles. The number of carbonyl (C=O) groups excluding carboxylic acids is 2. The molecule has 1 atom stereocenters. The van der Waals surface area contributed by atoms with Crippen molar-refractivity contribution < 1.29 is 19.1 Å². The fourth-order valence-electron chi connectivity index (χ4n) is 4.22. The number of hydrogen-bond donors (Lipinski definition) is 0. The molecule has 1 aromatic carbocycles. The Morgan fingerprint density at radius 2 is 1.89 bits per heavy atom. The van der Waals surface area contributed by atoms with Crippen molar-refractivity contribution in [1.29, 1.82) is 0 Å². The third kappa shape index (κ3) is 3.73. The van der Waals surface area contributed by atoms with E-state index in [2.05, 4.69) is 10.2 Å². The van der Waals surface area contributed by atoms with Gasteiger partial charge in [0.2, 0.25) is 5.91 Å². The molecule has 7 nitrogen and oxygen atoms in total. The number of amides is 1. The monoisotopic (exact) mass is 387 g/mol. The van der Waals surface area contributed by atoms with Gasteiger partial charge in [0.25, 0.3) is 0 Å². The van der Waals surface area contributed by atoms with Crippen LogP contribution in [0.25, 0.3) is 0 Å². The number of fused-ring (bicyclic) bond motifs is 1. The second-order valence-corrected chi connectivity index (χ2v) is 7.50. The Morgan fingerprint density at radius 1 is 1.14 bits per heavy atom. The van der Waals surface area contributed by atoms with E-state index in [1.165, 1.54) is 0 Å². The molecular weight excluding hydrogens is 358 g/mol. The molecule has 0 bridgehead atoms. The van der Waals surface area contributed by atoms with Gasteiger partial charge >= 0.3 is 0 Å². The van der Waals surface area contributed by atoms with Crippen LogP contribution in [0.4, 0.5) is 11.4 Å². The van der Waals surface area contributed by atoms with Gasteiger partial charge in [-0.15, -0.1) is 0 Å². The van der Waals surface area contributed by atoms with E-state index in [4.69, 9.17) is 9.47 Å². The fourth-order valence-corrected chi connectivity index (χ4v) is 4.22. The van der Waals surface area contributed by atoms with Gasteiger partial charge in [-0.3, -0.25) is 9.59 Å². The van der Waals surface area contributed by atoms with E-state index >= 15 is 0 Å². The van der Waals surface area contributed by atoms with Gasteiger partial charge in [0.1, 0.15) is 11.5 Å². The summed E-state index contributed by atoms with van der Waals surface area (Å²) >= 11 is 0. The van der Waals surface area contributed by atoms with E-state index in [-0.39, 0.29) is 30.9 Å². The first kappa shape index (κ1) is 20.6. The lowest BCUT2D eigenvalue weighted by atomic mass is 9.83. The van der Waals surface area contributed by atoms with Crippen LogP contribution in [0.1, 0.15) is 44.6 Å². The zero-order valence-corrected chi connectivity index (χ0v) is 16.9. The topological polar surface area (TPSA) is 80.6 Å². The van der Waals surface area contributed by atoms with Crippen molar-refractivity contribution in [1.82, 2.24) is 0 Å². The number of hydrogen-bond acceptors (Lipinski definition) is 6. The van der Waals surface area contributed by atoms with Gasteiger partial charge < -0.3 is 14.4 Å². The highest BCUT2D eigenvalue weighted by Crippen LogP contribution is 2.44. The number of rotatable bonds is 7. The standard InChI is InChI=1S/C21H29N3O4/c1-4-24-18-11-10-15(22-23-17-8-6-5-7-9-19(17)25)12-16(18)21(13-27-2,14-28-3)20(24)26/h10-12,17H,4-9,13-14H2,1-3H3. The van der Waals surface area contributed by atoms with Crippen molar-refractivity contribution in [3.63, 3.8) is 0 Å². The quantitative estimate of drug-likeness (QED) is 0.529. The molecule has 0 saturated heterocycles. The summed E-state index contributed by atoms with van der Waals surface area (Å²) in [6, 6.07) is 5.26. The molecule has 28 heavy (non-hydrogen) atoms. The minimum atomic E-state index is -0.890. The first-order chi connectivity index (χ1) is 13.6. The van der Waals surface area contributed by atoms with Gasteiger partial charge in [-0.1, -0.05) is 12.8 Å². The number of Topliss-reactive ketones (excluding diaryl/α,β-unsaturated/α-hetero) is 1. The number of nitrogens with zero attached hydrogens (tertiary/aromatic N) is 3. The Labute approximate surface area is 166 Å². The molecule has 1 amide bonds. The summed E-state index contributed by atoms with van der Waals surface area (Å²) in [6.45, 7) is 2.97. The second-order valence-electron chi connectivity index (χ2n) is 7.50. The average Bonchev–Trinajstić information content (AvgIpc) is 2.80. The van der Waals surface area contributed by atoms with Crippen molar-refractivity contribution in [2.45, 2.75) is 50.5 Å². The number of ether oxygens (including phenoxy) is 2. The number of methoxy groups -OCH3 is 2. The van der Waals surface area contributed by atoms with Crippen LogP contribution in [-0.4, -0.2) is 51.7 Å². The summed E-state index contributed by atoms with van der Waals surface area (Å²) in [6.07, 6.45) is 4.35.